The summed E-state index contributed by atoms with van der Waals surface area (Å²) in [5, 5.41) is 4.18. The molecule has 13 heteroatoms. The third-order valence-electron chi connectivity index (χ3n) is 5.67. The lowest BCUT2D eigenvalue weighted by Gasteiger charge is -2.26. The minimum Gasteiger partial charge on any atom is -0.379 e. The van der Waals surface area contributed by atoms with Crippen LogP contribution in [0, 0.1) is 13.8 Å². The molecule has 0 aliphatic carbocycles. The fourth-order valence-corrected chi connectivity index (χ4v) is 7.18. The van der Waals surface area contributed by atoms with Crippen LogP contribution in [-0.4, -0.2) is 93.7 Å². The number of carbonyl (C=O) groups is 1. The second-order valence-electron chi connectivity index (χ2n) is 7.78. The van der Waals surface area contributed by atoms with E-state index in [1.165, 1.54) is 46.7 Å². The summed E-state index contributed by atoms with van der Waals surface area (Å²) in [6, 6.07) is 5.68. The van der Waals surface area contributed by atoms with E-state index in [0.717, 1.165) is 4.68 Å². The number of sulfonamides is 2. The molecule has 0 spiro atoms. The fraction of sp³-hybridized carbons (Fsp3) is 0.500. The third-order valence-corrected chi connectivity index (χ3v) is 9.72. The number of hydrogen-bond acceptors (Lipinski definition) is 8. The number of aryl methyl sites for hydroxylation is 1. The number of ether oxygens (including phenoxy) is 2. The Hall–Kier alpha value is -2.16. The van der Waals surface area contributed by atoms with E-state index < -0.39 is 26.0 Å². The molecule has 2 aliphatic heterocycles. The largest absolute Gasteiger partial charge is 0.379 e. The second-order valence-corrected chi connectivity index (χ2v) is 11.6. The lowest BCUT2D eigenvalue weighted by atomic mass is 10.2. The Balaban J connectivity index is 1.67. The summed E-state index contributed by atoms with van der Waals surface area (Å²) in [7, 11) is -7.65. The van der Waals surface area contributed by atoms with Gasteiger partial charge in [-0.05, 0) is 32.0 Å². The zero-order valence-corrected chi connectivity index (χ0v) is 20.1. The van der Waals surface area contributed by atoms with Gasteiger partial charge in [-0.1, -0.05) is 6.07 Å². The van der Waals surface area contributed by atoms with Gasteiger partial charge in [-0.2, -0.15) is 18.4 Å². The molecule has 11 nitrogen and oxygen atoms in total. The van der Waals surface area contributed by atoms with Crippen molar-refractivity contribution in [3.8, 4) is 0 Å². The zero-order chi connectivity index (χ0) is 23.8. The highest BCUT2D eigenvalue weighted by molar-refractivity contribution is 7.89. The summed E-state index contributed by atoms with van der Waals surface area (Å²) in [6.45, 7) is 5.19. The molecule has 3 heterocycles. The van der Waals surface area contributed by atoms with Crippen molar-refractivity contribution in [3.05, 3.63) is 41.2 Å². The Kier molecular flexibility index (Phi) is 6.71. The van der Waals surface area contributed by atoms with Crippen molar-refractivity contribution in [2.75, 3.05) is 52.6 Å². The summed E-state index contributed by atoms with van der Waals surface area (Å²) in [4.78, 5) is 13.2. The maximum Gasteiger partial charge on any atom is 0.278 e. The van der Waals surface area contributed by atoms with E-state index in [1.54, 1.807) is 0 Å². The van der Waals surface area contributed by atoms with Gasteiger partial charge in [0.2, 0.25) is 20.0 Å². The molecule has 2 aliphatic rings. The molecule has 1 aromatic heterocycles. The molecule has 0 amide bonds. The minimum atomic E-state index is -3.86. The van der Waals surface area contributed by atoms with Gasteiger partial charge >= 0.3 is 0 Å². The number of morpholine rings is 2. The average Bonchev–Trinajstić information content (AvgIpc) is 3.14. The first-order valence-corrected chi connectivity index (χ1v) is 13.4. The highest BCUT2D eigenvalue weighted by atomic mass is 32.2. The van der Waals surface area contributed by atoms with Gasteiger partial charge in [0.1, 0.15) is 4.90 Å². The molecule has 4 rings (SSSR count). The molecule has 1 aromatic carbocycles. The number of benzene rings is 1. The molecular formula is C20H26N4O7S2. The Bertz CT molecular complexity index is 1260. The van der Waals surface area contributed by atoms with Crippen LogP contribution in [0.1, 0.15) is 21.7 Å². The average molecular weight is 499 g/mol. The van der Waals surface area contributed by atoms with E-state index in [9.17, 15) is 21.6 Å². The lowest BCUT2D eigenvalue weighted by Crippen LogP contribution is -2.41. The van der Waals surface area contributed by atoms with E-state index >= 15 is 0 Å². The summed E-state index contributed by atoms with van der Waals surface area (Å²) in [5.74, 6) is -0.613. The van der Waals surface area contributed by atoms with Gasteiger partial charge in [-0.25, -0.2) is 16.8 Å². The number of rotatable bonds is 5. The molecule has 0 radical (unpaired) electrons. The molecule has 2 aromatic rings. The molecule has 2 fully saturated rings. The SMILES string of the molecule is Cc1nn(C(=O)c2cccc(S(=O)(=O)N3CCOCC3)c2)c(C)c1S(=O)(=O)N1CCOCC1. The first kappa shape index (κ1) is 24.0. The van der Waals surface area contributed by atoms with Crippen LogP contribution in [-0.2, 0) is 29.5 Å². The molecule has 0 unspecified atom stereocenters. The van der Waals surface area contributed by atoms with E-state index in [2.05, 4.69) is 5.10 Å². The molecule has 0 atom stereocenters. The van der Waals surface area contributed by atoms with Crippen LogP contribution in [0.2, 0.25) is 0 Å². The molecule has 0 N–H and O–H groups in total. The first-order chi connectivity index (χ1) is 15.6. The van der Waals surface area contributed by atoms with Crippen LogP contribution in [0.3, 0.4) is 0 Å². The van der Waals surface area contributed by atoms with Crippen molar-refractivity contribution in [1.82, 2.24) is 18.4 Å². The van der Waals surface area contributed by atoms with Gasteiger partial charge in [0, 0.05) is 31.7 Å². The van der Waals surface area contributed by atoms with Crippen molar-refractivity contribution in [3.63, 3.8) is 0 Å². The Morgan fingerprint density at radius 3 is 2.00 bits per heavy atom. The standard InChI is InChI=1S/C20H26N4O7S2/c1-15-19(33(28,29)23-8-12-31-13-9-23)16(2)24(21-15)20(25)17-4-3-5-18(14-17)32(26,27)22-6-10-30-11-7-22/h3-5,14H,6-13H2,1-2H3. The normalized spacial score (nSPS) is 19.0. The van der Waals surface area contributed by atoms with Gasteiger partial charge in [0.25, 0.3) is 5.91 Å². The maximum atomic E-state index is 13.2. The minimum absolute atomic E-state index is 0.0158. The lowest BCUT2D eigenvalue weighted by molar-refractivity contribution is 0.0730. The smallest absolute Gasteiger partial charge is 0.278 e. The van der Waals surface area contributed by atoms with Crippen molar-refractivity contribution >= 4 is 26.0 Å². The van der Waals surface area contributed by atoms with Crippen molar-refractivity contribution in [2.24, 2.45) is 0 Å². The first-order valence-electron chi connectivity index (χ1n) is 10.5. The number of nitrogens with zero attached hydrogens (tertiary/aromatic N) is 4. The Morgan fingerprint density at radius 2 is 1.42 bits per heavy atom. The quantitative estimate of drug-likeness (QED) is 0.573. The molecule has 2 saturated heterocycles. The van der Waals surface area contributed by atoms with Crippen LogP contribution < -0.4 is 0 Å². The number of aromatic nitrogens is 2. The zero-order valence-electron chi connectivity index (χ0n) is 18.4. The third kappa shape index (κ3) is 4.48. The maximum absolute atomic E-state index is 13.2. The fourth-order valence-electron chi connectivity index (χ4n) is 3.96. The molecule has 0 saturated carbocycles. The number of hydrogen-bond donors (Lipinski definition) is 0. The van der Waals surface area contributed by atoms with Gasteiger partial charge in [0.15, 0.2) is 0 Å². The molecule has 180 valence electrons. The molecule has 0 bridgehead atoms. The predicted molar refractivity (Wildman–Crippen MR) is 117 cm³/mol. The van der Waals surface area contributed by atoms with Crippen LogP contribution in [0.25, 0.3) is 0 Å². The van der Waals surface area contributed by atoms with Crippen LogP contribution in [0.4, 0.5) is 0 Å². The van der Waals surface area contributed by atoms with E-state index in [-0.39, 0.29) is 52.9 Å². The monoisotopic (exact) mass is 498 g/mol. The van der Waals surface area contributed by atoms with Gasteiger partial charge < -0.3 is 9.47 Å². The van der Waals surface area contributed by atoms with Gasteiger partial charge in [0.05, 0.1) is 42.7 Å². The highest BCUT2D eigenvalue weighted by Crippen LogP contribution is 2.25. The summed E-state index contributed by atoms with van der Waals surface area (Å²) in [5.41, 5.74) is 0.458. The van der Waals surface area contributed by atoms with Crippen LogP contribution in [0.5, 0.6) is 0 Å². The summed E-state index contributed by atoms with van der Waals surface area (Å²) >= 11 is 0. The van der Waals surface area contributed by atoms with Crippen molar-refractivity contribution < 1.29 is 31.1 Å². The van der Waals surface area contributed by atoms with Gasteiger partial charge in [-0.15, -0.1) is 0 Å². The topological polar surface area (TPSA) is 128 Å². The van der Waals surface area contributed by atoms with Crippen LogP contribution >= 0.6 is 0 Å². The van der Waals surface area contributed by atoms with E-state index in [0.29, 0.717) is 26.4 Å². The van der Waals surface area contributed by atoms with Gasteiger partial charge in [-0.3, -0.25) is 4.79 Å². The predicted octanol–water partition coefficient (Wildman–Crippen LogP) is 0.230. The summed E-state index contributed by atoms with van der Waals surface area (Å²) in [6.07, 6.45) is 0. The highest BCUT2D eigenvalue weighted by Gasteiger charge is 2.33. The Labute approximate surface area is 193 Å². The molecular weight excluding hydrogens is 472 g/mol. The van der Waals surface area contributed by atoms with Crippen molar-refractivity contribution in [2.45, 2.75) is 23.6 Å². The van der Waals surface area contributed by atoms with E-state index in [1.807, 2.05) is 0 Å². The molecule has 33 heavy (non-hydrogen) atoms. The van der Waals surface area contributed by atoms with Crippen molar-refractivity contribution in [1.29, 1.82) is 0 Å². The van der Waals surface area contributed by atoms with E-state index in [4.69, 9.17) is 9.47 Å². The number of carbonyl (C=O) groups excluding carboxylic acids is 1. The summed E-state index contributed by atoms with van der Waals surface area (Å²) < 4.78 is 66.4. The Morgan fingerprint density at radius 1 is 0.879 bits per heavy atom. The second kappa shape index (κ2) is 9.24. The van der Waals surface area contributed by atoms with Crippen LogP contribution in [0.15, 0.2) is 34.1 Å².